The summed E-state index contributed by atoms with van der Waals surface area (Å²) in [7, 11) is 0. The second kappa shape index (κ2) is 7.23. The molecule has 0 bridgehead atoms. The maximum atomic E-state index is 11.5. The van der Waals surface area contributed by atoms with Crippen LogP contribution < -0.4 is 0 Å². The largest absolute Gasteiger partial charge is 0.462 e. The van der Waals surface area contributed by atoms with Crippen LogP contribution in [0.2, 0.25) is 5.15 Å². The van der Waals surface area contributed by atoms with Crippen LogP contribution in [-0.4, -0.2) is 17.6 Å². The lowest BCUT2D eigenvalue weighted by molar-refractivity contribution is 0.0497. The van der Waals surface area contributed by atoms with Crippen LogP contribution in [0, 0.1) is 0 Å². The van der Waals surface area contributed by atoms with E-state index in [9.17, 15) is 4.79 Å². The van der Waals surface area contributed by atoms with Crippen molar-refractivity contribution in [1.82, 2.24) is 4.98 Å². The van der Waals surface area contributed by atoms with Gasteiger partial charge in [-0.15, -0.1) is 0 Å². The Morgan fingerprint density at radius 1 is 1.44 bits per heavy atom. The quantitative estimate of drug-likeness (QED) is 0.435. The highest BCUT2D eigenvalue weighted by atomic mass is 35.5. The van der Waals surface area contributed by atoms with Gasteiger partial charge in [0.05, 0.1) is 12.2 Å². The van der Waals surface area contributed by atoms with Crippen molar-refractivity contribution in [3.8, 4) is 0 Å². The molecule has 0 atom stereocenters. The summed E-state index contributed by atoms with van der Waals surface area (Å²) in [6.07, 6.45) is 5.86. The summed E-state index contributed by atoms with van der Waals surface area (Å²) in [4.78, 5) is 15.3. The monoisotopic (exact) mass is 241 g/mol. The fraction of sp³-hybridized carbons (Fsp3) is 0.500. The molecule has 0 unspecified atom stereocenters. The molecule has 4 heteroatoms. The van der Waals surface area contributed by atoms with Crippen LogP contribution in [-0.2, 0) is 4.74 Å². The molecule has 16 heavy (non-hydrogen) atoms. The number of hydrogen-bond acceptors (Lipinski definition) is 3. The minimum atomic E-state index is -0.333. The van der Waals surface area contributed by atoms with Crippen molar-refractivity contribution in [1.29, 1.82) is 0 Å². The van der Waals surface area contributed by atoms with E-state index in [0.717, 1.165) is 12.8 Å². The SMILES string of the molecule is CCCCCCOC(=O)c1ccnc(Cl)c1. The zero-order chi connectivity index (χ0) is 11.8. The van der Waals surface area contributed by atoms with Crippen molar-refractivity contribution >= 4 is 17.6 Å². The molecule has 0 aliphatic heterocycles. The van der Waals surface area contributed by atoms with Gasteiger partial charge in [-0.2, -0.15) is 0 Å². The predicted octanol–water partition coefficient (Wildman–Crippen LogP) is 3.47. The molecule has 1 aromatic rings. The van der Waals surface area contributed by atoms with Crippen molar-refractivity contribution in [2.45, 2.75) is 32.6 Å². The number of aromatic nitrogens is 1. The molecule has 3 nitrogen and oxygen atoms in total. The van der Waals surface area contributed by atoms with Gasteiger partial charge in [-0.1, -0.05) is 37.8 Å². The third-order valence-corrected chi connectivity index (χ3v) is 2.40. The number of carbonyl (C=O) groups is 1. The highest BCUT2D eigenvalue weighted by Crippen LogP contribution is 2.08. The molecule has 0 saturated carbocycles. The standard InChI is InChI=1S/C12H16ClNO2/c1-2-3-4-5-8-16-12(15)10-6-7-14-11(13)9-10/h6-7,9H,2-5,8H2,1H3. The summed E-state index contributed by atoms with van der Waals surface area (Å²) >= 11 is 5.67. The van der Waals surface area contributed by atoms with Gasteiger partial charge in [0.25, 0.3) is 0 Å². The van der Waals surface area contributed by atoms with Crippen LogP contribution in [0.5, 0.6) is 0 Å². The zero-order valence-electron chi connectivity index (χ0n) is 9.41. The van der Waals surface area contributed by atoms with Crippen LogP contribution in [0.4, 0.5) is 0 Å². The first-order valence-electron chi connectivity index (χ1n) is 5.52. The van der Waals surface area contributed by atoms with E-state index in [2.05, 4.69) is 11.9 Å². The molecule has 0 aromatic carbocycles. The summed E-state index contributed by atoms with van der Waals surface area (Å²) in [5, 5.41) is 0.306. The molecule has 1 heterocycles. The molecule has 0 aliphatic carbocycles. The molecule has 0 spiro atoms. The minimum Gasteiger partial charge on any atom is -0.462 e. The number of unbranched alkanes of at least 4 members (excludes halogenated alkanes) is 3. The number of halogens is 1. The van der Waals surface area contributed by atoms with Crippen molar-refractivity contribution in [3.63, 3.8) is 0 Å². The first-order valence-corrected chi connectivity index (χ1v) is 5.90. The first kappa shape index (κ1) is 13.0. The summed E-state index contributed by atoms with van der Waals surface area (Å²) < 4.78 is 5.10. The fourth-order valence-electron chi connectivity index (χ4n) is 1.31. The van der Waals surface area contributed by atoms with E-state index in [-0.39, 0.29) is 5.97 Å². The maximum Gasteiger partial charge on any atom is 0.338 e. The molecule has 0 amide bonds. The Bertz CT molecular complexity index is 342. The smallest absolute Gasteiger partial charge is 0.338 e. The lowest BCUT2D eigenvalue weighted by atomic mass is 10.2. The van der Waals surface area contributed by atoms with Gasteiger partial charge in [0.15, 0.2) is 0 Å². The van der Waals surface area contributed by atoms with Gasteiger partial charge in [0, 0.05) is 6.20 Å². The third-order valence-electron chi connectivity index (χ3n) is 2.19. The second-order valence-electron chi connectivity index (χ2n) is 3.56. The molecule has 1 rings (SSSR count). The number of hydrogen-bond donors (Lipinski definition) is 0. The van der Waals surface area contributed by atoms with E-state index in [1.807, 2.05) is 0 Å². The molecule has 1 aromatic heterocycles. The molecular formula is C12H16ClNO2. The van der Waals surface area contributed by atoms with Crippen molar-refractivity contribution < 1.29 is 9.53 Å². The highest BCUT2D eigenvalue weighted by Gasteiger charge is 2.07. The summed E-state index contributed by atoms with van der Waals surface area (Å²) in [6, 6.07) is 3.11. The normalized spacial score (nSPS) is 10.1. The minimum absolute atomic E-state index is 0.306. The Labute approximate surface area is 101 Å². The Hall–Kier alpha value is -1.09. The average molecular weight is 242 g/mol. The van der Waals surface area contributed by atoms with E-state index >= 15 is 0 Å². The van der Waals surface area contributed by atoms with Gasteiger partial charge in [0.2, 0.25) is 0 Å². The Kier molecular flexibility index (Phi) is 5.86. The topological polar surface area (TPSA) is 39.2 Å². The summed E-state index contributed by atoms with van der Waals surface area (Å²) in [6.45, 7) is 2.61. The maximum absolute atomic E-state index is 11.5. The number of carbonyl (C=O) groups excluding carboxylic acids is 1. The summed E-state index contributed by atoms with van der Waals surface area (Å²) in [5.74, 6) is -0.333. The molecule has 0 saturated heterocycles. The van der Waals surface area contributed by atoms with Gasteiger partial charge in [-0.25, -0.2) is 9.78 Å². The Balaban J connectivity index is 2.30. The van der Waals surface area contributed by atoms with E-state index in [1.165, 1.54) is 25.1 Å². The molecule has 0 radical (unpaired) electrons. The van der Waals surface area contributed by atoms with Crippen LogP contribution in [0.1, 0.15) is 43.0 Å². The van der Waals surface area contributed by atoms with Crippen LogP contribution in [0.3, 0.4) is 0 Å². The number of esters is 1. The number of rotatable bonds is 6. The van der Waals surface area contributed by atoms with Crippen molar-refractivity contribution in [2.24, 2.45) is 0 Å². The zero-order valence-corrected chi connectivity index (χ0v) is 10.2. The average Bonchev–Trinajstić information content (AvgIpc) is 2.28. The number of pyridine rings is 1. The van der Waals surface area contributed by atoms with Gasteiger partial charge < -0.3 is 4.74 Å². The first-order chi connectivity index (χ1) is 7.74. The lowest BCUT2D eigenvalue weighted by Gasteiger charge is -2.04. The predicted molar refractivity (Wildman–Crippen MR) is 63.7 cm³/mol. The third kappa shape index (κ3) is 4.62. The molecular weight excluding hydrogens is 226 g/mol. The van der Waals surface area contributed by atoms with Crippen LogP contribution in [0.15, 0.2) is 18.3 Å². The Morgan fingerprint density at radius 3 is 2.94 bits per heavy atom. The van der Waals surface area contributed by atoms with Gasteiger partial charge in [-0.05, 0) is 18.6 Å². The van der Waals surface area contributed by atoms with Gasteiger partial charge in [0.1, 0.15) is 5.15 Å². The highest BCUT2D eigenvalue weighted by molar-refractivity contribution is 6.29. The lowest BCUT2D eigenvalue weighted by Crippen LogP contribution is -2.06. The van der Waals surface area contributed by atoms with Crippen LogP contribution >= 0.6 is 11.6 Å². The van der Waals surface area contributed by atoms with Crippen molar-refractivity contribution in [2.75, 3.05) is 6.61 Å². The molecule has 0 N–H and O–H groups in total. The van der Waals surface area contributed by atoms with Gasteiger partial charge in [-0.3, -0.25) is 0 Å². The number of nitrogens with zero attached hydrogens (tertiary/aromatic N) is 1. The van der Waals surface area contributed by atoms with E-state index in [0.29, 0.717) is 17.3 Å². The van der Waals surface area contributed by atoms with E-state index in [4.69, 9.17) is 16.3 Å². The van der Waals surface area contributed by atoms with E-state index < -0.39 is 0 Å². The molecule has 0 fully saturated rings. The van der Waals surface area contributed by atoms with Crippen molar-refractivity contribution in [3.05, 3.63) is 29.0 Å². The van der Waals surface area contributed by atoms with Gasteiger partial charge >= 0.3 is 5.97 Å². The molecule has 0 aliphatic rings. The summed E-state index contributed by atoms with van der Waals surface area (Å²) in [5.41, 5.74) is 0.454. The molecule has 88 valence electrons. The second-order valence-corrected chi connectivity index (χ2v) is 3.95. The fourth-order valence-corrected chi connectivity index (χ4v) is 1.48. The Morgan fingerprint density at radius 2 is 2.25 bits per heavy atom. The number of ether oxygens (including phenoxy) is 1. The van der Waals surface area contributed by atoms with Crippen LogP contribution in [0.25, 0.3) is 0 Å². The van der Waals surface area contributed by atoms with E-state index in [1.54, 1.807) is 6.07 Å².